The maximum absolute atomic E-state index is 9.50. The minimum absolute atomic E-state index is 0.0836. The molecule has 0 amide bonds. The van der Waals surface area contributed by atoms with E-state index in [1.807, 2.05) is 0 Å². The normalized spacial score (nSPS) is 50.7. The van der Waals surface area contributed by atoms with Crippen molar-refractivity contribution < 1.29 is 5.11 Å². The first-order valence-electron chi connectivity index (χ1n) is 4.72. The molecule has 0 unspecified atom stereocenters. The molecule has 0 spiro atoms. The van der Waals surface area contributed by atoms with Gasteiger partial charge >= 0.3 is 0 Å². The van der Waals surface area contributed by atoms with Gasteiger partial charge in [0, 0.05) is 6.04 Å². The van der Waals surface area contributed by atoms with Gasteiger partial charge < -0.3 is 10.8 Å². The Hall–Kier alpha value is -0.0800. The van der Waals surface area contributed by atoms with Crippen molar-refractivity contribution in [2.45, 2.75) is 44.2 Å². The van der Waals surface area contributed by atoms with Gasteiger partial charge in [-0.2, -0.15) is 0 Å². The van der Waals surface area contributed by atoms with Crippen molar-refractivity contribution >= 4 is 0 Å². The summed E-state index contributed by atoms with van der Waals surface area (Å²) in [7, 11) is 0. The fourth-order valence-electron chi connectivity index (χ4n) is 2.79. The molecule has 4 atom stereocenters. The Morgan fingerprint density at radius 2 is 1.91 bits per heavy atom. The molecular formula is C9H17NO. The number of aliphatic hydroxyl groups excluding tert-OH is 1. The van der Waals surface area contributed by atoms with Crippen LogP contribution in [0.25, 0.3) is 0 Å². The second kappa shape index (κ2) is 2.76. The van der Waals surface area contributed by atoms with E-state index < -0.39 is 0 Å². The predicted octanol–water partition coefficient (Wildman–Crippen LogP) is 0.885. The van der Waals surface area contributed by atoms with E-state index in [-0.39, 0.29) is 12.1 Å². The van der Waals surface area contributed by atoms with Gasteiger partial charge in [-0.3, -0.25) is 0 Å². The lowest BCUT2D eigenvalue weighted by atomic mass is 9.80. The Kier molecular flexibility index (Phi) is 1.90. The van der Waals surface area contributed by atoms with Crippen LogP contribution < -0.4 is 5.73 Å². The summed E-state index contributed by atoms with van der Waals surface area (Å²) in [5.74, 6) is 1.38. The molecule has 3 N–H and O–H groups in total. The Bertz CT molecular complexity index is 148. The molecule has 2 saturated carbocycles. The first kappa shape index (κ1) is 7.56. The Labute approximate surface area is 67.8 Å². The highest BCUT2D eigenvalue weighted by Gasteiger charge is 2.40. The fraction of sp³-hybridized carbons (Fsp3) is 1.00. The van der Waals surface area contributed by atoms with Gasteiger partial charge in [0.15, 0.2) is 0 Å². The van der Waals surface area contributed by atoms with Crippen LogP contribution in [0.4, 0.5) is 0 Å². The van der Waals surface area contributed by atoms with Crippen LogP contribution in [0.5, 0.6) is 0 Å². The molecule has 2 rings (SSSR count). The molecule has 0 heterocycles. The molecule has 0 aromatic rings. The van der Waals surface area contributed by atoms with Crippen LogP contribution in [0.15, 0.2) is 0 Å². The average molecular weight is 155 g/mol. The van der Waals surface area contributed by atoms with Crippen LogP contribution in [0.2, 0.25) is 0 Å². The molecule has 0 aromatic carbocycles. The molecule has 64 valence electrons. The van der Waals surface area contributed by atoms with Crippen LogP contribution in [-0.2, 0) is 0 Å². The van der Waals surface area contributed by atoms with Gasteiger partial charge in [0.05, 0.1) is 6.10 Å². The molecule has 2 fully saturated rings. The lowest BCUT2D eigenvalue weighted by molar-refractivity contribution is 0.155. The number of hydrogen-bond acceptors (Lipinski definition) is 2. The van der Waals surface area contributed by atoms with E-state index in [2.05, 4.69) is 0 Å². The monoisotopic (exact) mass is 155 g/mol. The van der Waals surface area contributed by atoms with E-state index in [9.17, 15) is 5.11 Å². The summed E-state index contributed by atoms with van der Waals surface area (Å²) >= 11 is 0. The van der Waals surface area contributed by atoms with Gasteiger partial charge in [-0.1, -0.05) is 19.3 Å². The molecular weight excluding hydrogens is 138 g/mol. The van der Waals surface area contributed by atoms with Gasteiger partial charge in [0.1, 0.15) is 0 Å². The Balaban J connectivity index is 2.05. The second-order valence-electron chi connectivity index (χ2n) is 4.09. The zero-order chi connectivity index (χ0) is 7.84. The van der Waals surface area contributed by atoms with Crippen molar-refractivity contribution in [3.05, 3.63) is 0 Å². The van der Waals surface area contributed by atoms with E-state index in [0.29, 0.717) is 5.92 Å². The summed E-state index contributed by atoms with van der Waals surface area (Å²) in [4.78, 5) is 0. The average Bonchev–Trinajstić information content (AvgIpc) is 2.30. The van der Waals surface area contributed by atoms with Crippen LogP contribution in [0.1, 0.15) is 32.1 Å². The number of rotatable bonds is 0. The highest BCUT2D eigenvalue weighted by Crippen LogP contribution is 2.41. The maximum atomic E-state index is 9.50. The lowest BCUT2D eigenvalue weighted by Gasteiger charge is -2.27. The Morgan fingerprint density at radius 1 is 1.18 bits per heavy atom. The smallest absolute Gasteiger partial charge is 0.0696 e. The van der Waals surface area contributed by atoms with E-state index in [4.69, 9.17) is 5.73 Å². The SMILES string of the molecule is N[C@H]1[C@H]2CCCC[C@@H]2C[C@H]1O. The largest absolute Gasteiger partial charge is 0.391 e. The standard InChI is InChI=1S/C9H17NO/c10-9-7-4-2-1-3-6(7)5-8(9)11/h6-9,11H,1-5,10H2/t6-,7+,8-,9+/m1/s1. The first-order valence-corrected chi connectivity index (χ1v) is 4.72. The first-order chi connectivity index (χ1) is 5.29. The quantitative estimate of drug-likeness (QED) is 0.545. The zero-order valence-corrected chi connectivity index (χ0v) is 6.87. The number of nitrogens with two attached hydrogens (primary N) is 1. The highest BCUT2D eigenvalue weighted by molar-refractivity contribution is 4.95. The van der Waals surface area contributed by atoms with Gasteiger partial charge in [-0.15, -0.1) is 0 Å². The zero-order valence-electron chi connectivity index (χ0n) is 6.87. The van der Waals surface area contributed by atoms with Crippen molar-refractivity contribution in [3.8, 4) is 0 Å². The molecule has 0 saturated heterocycles. The number of fused-ring (bicyclic) bond motifs is 1. The third kappa shape index (κ3) is 1.18. The predicted molar refractivity (Wildman–Crippen MR) is 44.0 cm³/mol. The van der Waals surface area contributed by atoms with Crippen molar-refractivity contribution in [2.24, 2.45) is 17.6 Å². The minimum Gasteiger partial charge on any atom is -0.391 e. The van der Waals surface area contributed by atoms with E-state index in [1.165, 1.54) is 25.7 Å². The third-order valence-corrected chi connectivity index (χ3v) is 3.45. The van der Waals surface area contributed by atoms with Crippen molar-refractivity contribution in [1.29, 1.82) is 0 Å². The summed E-state index contributed by atoms with van der Waals surface area (Å²) < 4.78 is 0. The van der Waals surface area contributed by atoms with Gasteiger partial charge in [-0.05, 0) is 24.7 Å². The number of aliphatic hydroxyl groups is 1. The summed E-state index contributed by atoms with van der Waals surface area (Å²) in [6.07, 6.45) is 5.98. The molecule has 11 heavy (non-hydrogen) atoms. The van der Waals surface area contributed by atoms with E-state index >= 15 is 0 Å². The van der Waals surface area contributed by atoms with Crippen molar-refractivity contribution in [1.82, 2.24) is 0 Å². The van der Waals surface area contributed by atoms with E-state index in [1.54, 1.807) is 0 Å². The van der Waals surface area contributed by atoms with Crippen LogP contribution in [-0.4, -0.2) is 17.3 Å². The third-order valence-electron chi connectivity index (χ3n) is 3.45. The molecule has 0 radical (unpaired) electrons. The molecule has 2 aliphatic rings. The lowest BCUT2D eigenvalue weighted by Crippen LogP contribution is -2.36. The summed E-state index contributed by atoms with van der Waals surface area (Å²) in [5.41, 5.74) is 5.88. The molecule has 0 bridgehead atoms. The van der Waals surface area contributed by atoms with Gasteiger partial charge in [0.25, 0.3) is 0 Å². The summed E-state index contributed by atoms with van der Waals surface area (Å²) in [5, 5.41) is 9.50. The highest BCUT2D eigenvalue weighted by atomic mass is 16.3. The van der Waals surface area contributed by atoms with Crippen molar-refractivity contribution in [2.75, 3.05) is 0 Å². The van der Waals surface area contributed by atoms with Crippen LogP contribution in [0, 0.1) is 11.8 Å². The van der Waals surface area contributed by atoms with E-state index in [0.717, 1.165) is 12.3 Å². The number of hydrogen-bond donors (Lipinski definition) is 2. The topological polar surface area (TPSA) is 46.2 Å². The van der Waals surface area contributed by atoms with Crippen LogP contribution in [0.3, 0.4) is 0 Å². The maximum Gasteiger partial charge on any atom is 0.0696 e. The fourth-order valence-corrected chi connectivity index (χ4v) is 2.79. The minimum atomic E-state index is -0.205. The van der Waals surface area contributed by atoms with Crippen LogP contribution >= 0.6 is 0 Å². The van der Waals surface area contributed by atoms with Gasteiger partial charge in [0.2, 0.25) is 0 Å². The van der Waals surface area contributed by atoms with Crippen molar-refractivity contribution in [3.63, 3.8) is 0 Å². The van der Waals surface area contributed by atoms with Gasteiger partial charge in [-0.25, -0.2) is 0 Å². The molecule has 0 aliphatic heterocycles. The molecule has 0 aromatic heterocycles. The Morgan fingerprint density at radius 3 is 2.64 bits per heavy atom. The molecule has 2 heteroatoms. The molecule has 2 nitrogen and oxygen atoms in total. The summed E-state index contributed by atoms with van der Waals surface area (Å²) in [6.45, 7) is 0. The second-order valence-corrected chi connectivity index (χ2v) is 4.09. The summed E-state index contributed by atoms with van der Waals surface area (Å²) in [6, 6.07) is 0.0836. The molecule has 2 aliphatic carbocycles.